The van der Waals surface area contributed by atoms with E-state index in [1.807, 2.05) is 0 Å². The van der Waals surface area contributed by atoms with Crippen LogP contribution in [0.15, 0.2) is 11.1 Å². The van der Waals surface area contributed by atoms with Gasteiger partial charge in [0.25, 0.3) is 5.56 Å². The number of carbonyl (C=O) groups is 2. The highest BCUT2D eigenvalue weighted by atomic mass is 16.6. The van der Waals surface area contributed by atoms with Gasteiger partial charge in [-0.2, -0.15) is 9.55 Å². The molecule has 0 aliphatic heterocycles. The number of aromatic nitrogens is 4. The van der Waals surface area contributed by atoms with Crippen molar-refractivity contribution in [1.82, 2.24) is 19.5 Å². The van der Waals surface area contributed by atoms with Crippen molar-refractivity contribution in [3.63, 3.8) is 0 Å². The Morgan fingerprint density at radius 2 is 1.72 bits per heavy atom. The van der Waals surface area contributed by atoms with Gasteiger partial charge >= 0.3 is 12.2 Å². The van der Waals surface area contributed by atoms with Crippen molar-refractivity contribution in [1.29, 1.82) is 0 Å². The normalized spacial score (nSPS) is 12.1. The van der Waals surface area contributed by atoms with Gasteiger partial charge in [0, 0.05) is 0 Å². The molecule has 0 aliphatic carbocycles. The molecule has 0 spiro atoms. The quantitative estimate of drug-likeness (QED) is 0.806. The first kappa shape index (κ1) is 18.4. The summed E-state index contributed by atoms with van der Waals surface area (Å²) in [5.74, 6) is -0.340. The van der Waals surface area contributed by atoms with Crippen LogP contribution in [0.1, 0.15) is 41.5 Å². The van der Waals surface area contributed by atoms with Crippen LogP contribution in [0.5, 0.6) is 0 Å². The number of nitrogens with one attached hydrogen (secondary N) is 2. The number of aromatic amines is 1. The Kier molecular flexibility index (Phi) is 4.56. The lowest BCUT2D eigenvalue weighted by molar-refractivity contribution is 0.0533. The lowest BCUT2D eigenvalue weighted by Crippen LogP contribution is -2.37. The van der Waals surface area contributed by atoms with Gasteiger partial charge in [0.1, 0.15) is 11.2 Å². The topological polar surface area (TPSA) is 128 Å². The SMILES string of the molecule is CC(C)(C)OC(=O)Nc1nc2nc[nH]c2c(=O)n1C(=O)OC(C)(C)C. The fraction of sp³-hybridized carbons (Fsp3) is 0.533. The standard InChI is InChI=1S/C15H21N5O5/c1-14(2,3)24-12(22)19-11-18-9-8(16-7-17-9)10(21)20(11)13(23)25-15(4,5)6/h7H,1-6H3,(H,16,17)(H,18,19,22). The van der Waals surface area contributed by atoms with E-state index in [0.717, 1.165) is 0 Å². The van der Waals surface area contributed by atoms with E-state index in [0.29, 0.717) is 4.57 Å². The molecule has 0 fully saturated rings. The summed E-state index contributed by atoms with van der Waals surface area (Å²) in [5.41, 5.74) is -2.29. The number of hydrogen-bond donors (Lipinski definition) is 2. The van der Waals surface area contributed by atoms with Crippen LogP contribution < -0.4 is 10.9 Å². The first-order valence-electron chi connectivity index (χ1n) is 7.57. The molecule has 0 unspecified atom stereocenters. The Morgan fingerprint density at radius 3 is 2.28 bits per heavy atom. The van der Waals surface area contributed by atoms with Crippen LogP contribution in [0.4, 0.5) is 15.5 Å². The Hall–Kier alpha value is -2.91. The van der Waals surface area contributed by atoms with E-state index in [-0.39, 0.29) is 17.1 Å². The molecule has 25 heavy (non-hydrogen) atoms. The second-order valence-electron chi connectivity index (χ2n) is 7.28. The molecule has 2 aromatic rings. The maximum Gasteiger partial charge on any atom is 0.424 e. The molecular formula is C15H21N5O5. The molecule has 10 heteroatoms. The zero-order valence-corrected chi connectivity index (χ0v) is 15.0. The first-order valence-corrected chi connectivity index (χ1v) is 7.57. The van der Waals surface area contributed by atoms with Gasteiger partial charge in [-0.05, 0) is 41.5 Å². The number of rotatable bonds is 1. The van der Waals surface area contributed by atoms with Gasteiger partial charge in [-0.3, -0.25) is 10.1 Å². The van der Waals surface area contributed by atoms with E-state index in [4.69, 9.17) is 9.47 Å². The van der Waals surface area contributed by atoms with E-state index in [1.54, 1.807) is 41.5 Å². The second-order valence-corrected chi connectivity index (χ2v) is 7.28. The summed E-state index contributed by atoms with van der Waals surface area (Å²) in [7, 11) is 0. The highest BCUT2D eigenvalue weighted by molar-refractivity contribution is 5.88. The van der Waals surface area contributed by atoms with Crippen LogP contribution in [0, 0.1) is 0 Å². The largest absolute Gasteiger partial charge is 0.444 e. The number of imidazole rings is 1. The van der Waals surface area contributed by atoms with Crippen molar-refractivity contribution >= 4 is 29.3 Å². The molecule has 0 saturated heterocycles. The minimum absolute atomic E-state index is 0.0144. The van der Waals surface area contributed by atoms with Gasteiger partial charge in [-0.1, -0.05) is 0 Å². The molecule has 0 aromatic carbocycles. The van der Waals surface area contributed by atoms with Crippen LogP contribution >= 0.6 is 0 Å². The van der Waals surface area contributed by atoms with E-state index in [1.165, 1.54) is 6.33 Å². The number of H-pyrrole nitrogens is 1. The monoisotopic (exact) mass is 351 g/mol. The zero-order valence-electron chi connectivity index (χ0n) is 15.0. The smallest absolute Gasteiger partial charge is 0.424 e. The summed E-state index contributed by atoms with van der Waals surface area (Å²) in [6.07, 6.45) is -0.588. The highest BCUT2D eigenvalue weighted by Crippen LogP contribution is 2.14. The maximum atomic E-state index is 12.6. The molecule has 2 rings (SSSR count). The Bertz CT molecular complexity index is 869. The van der Waals surface area contributed by atoms with E-state index in [9.17, 15) is 14.4 Å². The molecule has 2 heterocycles. The molecular weight excluding hydrogens is 330 g/mol. The van der Waals surface area contributed by atoms with Crippen molar-refractivity contribution in [2.75, 3.05) is 5.32 Å². The van der Waals surface area contributed by atoms with Crippen molar-refractivity contribution in [3.8, 4) is 0 Å². The molecule has 0 aliphatic rings. The molecule has 0 saturated carbocycles. The van der Waals surface area contributed by atoms with Gasteiger partial charge in [0.2, 0.25) is 5.95 Å². The third-order valence-corrected chi connectivity index (χ3v) is 2.65. The average Bonchev–Trinajstić information content (AvgIpc) is 2.82. The highest BCUT2D eigenvalue weighted by Gasteiger charge is 2.26. The Balaban J connectivity index is 2.50. The van der Waals surface area contributed by atoms with Crippen LogP contribution in [-0.4, -0.2) is 42.9 Å². The van der Waals surface area contributed by atoms with Gasteiger partial charge in [-0.15, -0.1) is 0 Å². The van der Waals surface area contributed by atoms with Crippen LogP contribution in [0.25, 0.3) is 11.2 Å². The molecule has 136 valence electrons. The van der Waals surface area contributed by atoms with Gasteiger partial charge in [-0.25, -0.2) is 14.6 Å². The predicted octanol–water partition coefficient (Wildman–Crippen LogP) is 2.25. The van der Waals surface area contributed by atoms with Crippen LogP contribution in [0.3, 0.4) is 0 Å². The first-order chi connectivity index (χ1) is 11.4. The summed E-state index contributed by atoms with van der Waals surface area (Å²) in [5, 5.41) is 2.29. The number of carbonyl (C=O) groups excluding carboxylic acids is 2. The van der Waals surface area contributed by atoms with E-state index >= 15 is 0 Å². The Morgan fingerprint density at radius 1 is 1.12 bits per heavy atom. The molecule has 1 amide bonds. The van der Waals surface area contributed by atoms with Crippen molar-refractivity contribution in [2.24, 2.45) is 0 Å². The summed E-state index contributed by atoms with van der Waals surface area (Å²) >= 11 is 0. The second kappa shape index (κ2) is 6.19. The third kappa shape index (κ3) is 4.55. The predicted molar refractivity (Wildman–Crippen MR) is 89.6 cm³/mol. The zero-order chi connectivity index (χ0) is 19.0. The van der Waals surface area contributed by atoms with Crippen molar-refractivity contribution < 1.29 is 19.1 Å². The lowest BCUT2D eigenvalue weighted by atomic mass is 10.2. The van der Waals surface area contributed by atoms with E-state index in [2.05, 4.69) is 20.3 Å². The minimum atomic E-state index is -0.979. The van der Waals surface area contributed by atoms with Crippen molar-refractivity contribution in [3.05, 3.63) is 16.7 Å². The summed E-state index contributed by atoms with van der Waals surface area (Å²) < 4.78 is 11.0. The minimum Gasteiger partial charge on any atom is -0.444 e. The number of anilines is 1. The number of hydrogen-bond acceptors (Lipinski definition) is 7. The summed E-state index contributed by atoms with van der Waals surface area (Å²) in [6.45, 7) is 9.99. The van der Waals surface area contributed by atoms with Crippen molar-refractivity contribution in [2.45, 2.75) is 52.7 Å². The number of amides is 1. The van der Waals surface area contributed by atoms with Crippen LogP contribution in [-0.2, 0) is 9.47 Å². The van der Waals surface area contributed by atoms with Crippen LogP contribution in [0.2, 0.25) is 0 Å². The summed E-state index contributed by atoms with van der Waals surface area (Å²) in [4.78, 5) is 47.5. The fourth-order valence-electron chi connectivity index (χ4n) is 1.84. The molecule has 0 bridgehead atoms. The maximum absolute atomic E-state index is 12.6. The molecule has 10 nitrogen and oxygen atoms in total. The summed E-state index contributed by atoms with van der Waals surface area (Å²) in [6, 6.07) is 0. The molecule has 2 aromatic heterocycles. The van der Waals surface area contributed by atoms with Gasteiger partial charge in [0.05, 0.1) is 6.33 Å². The molecule has 0 atom stereocenters. The Labute approximate surface area is 143 Å². The van der Waals surface area contributed by atoms with E-state index < -0.39 is 28.9 Å². The fourth-order valence-corrected chi connectivity index (χ4v) is 1.84. The molecule has 2 N–H and O–H groups in total. The molecule has 0 radical (unpaired) electrons. The number of ether oxygens (including phenoxy) is 2. The average molecular weight is 351 g/mol. The lowest BCUT2D eigenvalue weighted by Gasteiger charge is -2.22. The van der Waals surface area contributed by atoms with Gasteiger partial charge in [0.15, 0.2) is 11.2 Å². The number of fused-ring (bicyclic) bond motifs is 1. The van der Waals surface area contributed by atoms with Gasteiger partial charge < -0.3 is 14.5 Å². The number of nitrogens with zero attached hydrogens (tertiary/aromatic N) is 3. The third-order valence-electron chi connectivity index (χ3n) is 2.65.